The summed E-state index contributed by atoms with van der Waals surface area (Å²) in [7, 11) is 0. The molecule has 0 saturated carbocycles. The molecule has 0 amide bonds. The number of benzene rings is 1. The van der Waals surface area contributed by atoms with Crippen LogP contribution in [0.3, 0.4) is 0 Å². The molecule has 0 spiro atoms. The second kappa shape index (κ2) is 6.79. The van der Waals surface area contributed by atoms with Crippen LogP contribution in [-0.2, 0) is 6.54 Å². The molecular formula is C18H21N3O2. The second-order valence-electron chi connectivity index (χ2n) is 6.05. The maximum atomic E-state index is 10.9. The van der Waals surface area contributed by atoms with Gasteiger partial charge in [-0.25, -0.2) is 9.78 Å². The molecule has 3 rings (SSSR count). The fourth-order valence-electron chi connectivity index (χ4n) is 3.19. The van der Waals surface area contributed by atoms with Crippen molar-refractivity contribution in [3.63, 3.8) is 0 Å². The van der Waals surface area contributed by atoms with Crippen molar-refractivity contribution in [1.29, 1.82) is 0 Å². The van der Waals surface area contributed by atoms with Crippen LogP contribution in [-0.4, -0.2) is 34.0 Å². The summed E-state index contributed by atoms with van der Waals surface area (Å²) < 4.78 is 0. The van der Waals surface area contributed by atoms with E-state index in [0.29, 0.717) is 17.3 Å². The number of anilines is 1. The number of nitrogens with zero attached hydrogens (tertiary/aromatic N) is 2. The highest BCUT2D eigenvalue weighted by Gasteiger charge is 2.22. The first-order chi connectivity index (χ1) is 11.1. The summed E-state index contributed by atoms with van der Waals surface area (Å²) in [5.41, 5.74) is 8.54. The Hall–Kier alpha value is -2.40. The Morgan fingerprint density at radius 2 is 2.09 bits per heavy atom. The molecule has 0 aliphatic carbocycles. The van der Waals surface area contributed by atoms with Crippen LogP contribution < -0.4 is 5.73 Å². The fraction of sp³-hybridized carbons (Fsp3) is 0.333. The summed E-state index contributed by atoms with van der Waals surface area (Å²) >= 11 is 0. The van der Waals surface area contributed by atoms with Gasteiger partial charge in [0.1, 0.15) is 5.82 Å². The zero-order chi connectivity index (χ0) is 16.2. The van der Waals surface area contributed by atoms with Gasteiger partial charge in [0.05, 0.1) is 5.56 Å². The largest absolute Gasteiger partial charge is 0.478 e. The van der Waals surface area contributed by atoms with Crippen LogP contribution in [0.15, 0.2) is 42.6 Å². The van der Waals surface area contributed by atoms with Crippen LogP contribution in [0.5, 0.6) is 0 Å². The number of aromatic carboxylic acids is 1. The lowest BCUT2D eigenvalue weighted by molar-refractivity contribution is 0.0697. The first kappa shape index (κ1) is 15.5. The second-order valence-corrected chi connectivity index (χ2v) is 6.05. The Morgan fingerprint density at radius 1 is 1.30 bits per heavy atom. The van der Waals surface area contributed by atoms with Crippen LogP contribution in [0.4, 0.5) is 5.82 Å². The topological polar surface area (TPSA) is 79.5 Å². The van der Waals surface area contributed by atoms with Gasteiger partial charge in [0.15, 0.2) is 0 Å². The van der Waals surface area contributed by atoms with Crippen LogP contribution >= 0.6 is 0 Å². The van der Waals surface area contributed by atoms with Gasteiger partial charge in [0, 0.05) is 24.8 Å². The third kappa shape index (κ3) is 3.68. The summed E-state index contributed by atoms with van der Waals surface area (Å²) in [4.78, 5) is 17.5. The third-order valence-electron chi connectivity index (χ3n) is 4.45. The normalized spacial score (nSPS) is 18.7. The van der Waals surface area contributed by atoms with Crippen molar-refractivity contribution in [3.05, 3.63) is 59.3 Å². The summed E-state index contributed by atoms with van der Waals surface area (Å²) in [5.74, 6) is 0.152. The van der Waals surface area contributed by atoms with Crippen LogP contribution in [0.25, 0.3) is 0 Å². The van der Waals surface area contributed by atoms with E-state index in [1.807, 2.05) is 24.3 Å². The number of nitrogens with two attached hydrogens (primary N) is 1. The first-order valence-corrected chi connectivity index (χ1v) is 7.88. The molecule has 120 valence electrons. The summed E-state index contributed by atoms with van der Waals surface area (Å²) in [6, 6.07) is 11.2. The lowest BCUT2D eigenvalue weighted by Crippen LogP contribution is -2.34. The lowest BCUT2D eigenvalue weighted by atomic mass is 9.90. The van der Waals surface area contributed by atoms with Crippen molar-refractivity contribution < 1.29 is 9.90 Å². The number of hydrogen-bond acceptors (Lipinski definition) is 4. The van der Waals surface area contributed by atoms with Gasteiger partial charge < -0.3 is 10.8 Å². The summed E-state index contributed by atoms with van der Waals surface area (Å²) in [6.45, 7) is 2.82. The molecule has 1 atom stereocenters. The number of carboxylic acid groups (broad SMARTS) is 1. The average Bonchev–Trinajstić information content (AvgIpc) is 2.57. The van der Waals surface area contributed by atoms with E-state index in [4.69, 9.17) is 10.8 Å². The van der Waals surface area contributed by atoms with Gasteiger partial charge in [-0.1, -0.05) is 18.2 Å². The maximum Gasteiger partial charge on any atom is 0.335 e. The van der Waals surface area contributed by atoms with E-state index in [2.05, 4.69) is 9.88 Å². The molecule has 1 aliphatic heterocycles. The Bertz CT molecular complexity index is 685. The number of hydrogen-bond donors (Lipinski definition) is 2. The van der Waals surface area contributed by atoms with Crippen molar-refractivity contribution in [2.75, 3.05) is 18.8 Å². The predicted octanol–water partition coefficient (Wildman–Crippen LogP) is 2.74. The molecule has 1 aliphatic rings. The molecule has 1 aromatic carbocycles. The number of pyridine rings is 1. The van der Waals surface area contributed by atoms with Crippen molar-refractivity contribution in [1.82, 2.24) is 9.88 Å². The zero-order valence-corrected chi connectivity index (χ0v) is 13.0. The minimum atomic E-state index is -0.881. The van der Waals surface area contributed by atoms with Gasteiger partial charge in [-0.15, -0.1) is 0 Å². The van der Waals surface area contributed by atoms with Gasteiger partial charge >= 0.3 is 5.97 Å². The number of likely N-dealkylation sites (tertiary alicyclic amines) is 1. The number of rotatable bonds is 4. The van der Waals surface area contributed by atoms with Gasteiger partial charge in [0.25, 0.3) is 0 Å². The minimum Gasteiger partial charge on any atom is -0.478 e. The fourth-order valence-corrected chi connectivity index (χ4v) is 3.19. The monoisotopic (exact) mass is 311 g/mol. The van der Waals surface area contributed by atoms with Crippen molar-refractivity contribution >= 4 is 11.8 Å². The summed E-state index contributed by atoms with van der Waals surface area (Å²) in [6.07, 6.45) is 3.97. The zero-order valence-electron chi connectivity index (χ0n) is 13.0. The van der Waals surface area contributed by atoms with E-state index in [1.165, 1.54) is 5.56 Å². The Balaban J connectivity index is 1.68. The Labute approximate surface area is 135 Å². The number of aromatic nitrogens is 1. The molecule has 3 N–H and O–H groups in total. The molecule has 1 fully saturated rings. The number of piperidine rings is 1. The third-order valence-corrected chi connectivity index (χ3v) is 4.45. The SMILES string of the molecule is Nc1ncccc1CN1CCC[C@@H](c2ccc(C(=O)O)cc2)C1. The van der Waals surface area contributed by atoms with Gasteiger partial charge in [0.2, 0.25) is 0 Å². The Kier molecular flexibility index (Phi) is 4.57. The molecule has 0 bridgehead atoms. The van der Waals surface area contributed by atoms with Crippen molar-refractivity contribution in [2.45, 2.75) is 25.3 Å². The molecule has 1 saturated heterocycles. The van der Waals surface area contributed by atoms with E-state index < -0.39 is 5.97 Å². The van der Waals surface area contributed by atoms with Crippen LogP contribution in [0.2, 0.25) is 0 Å². The van der Waals surface area contributed by atoms with E-state index in [-0.39, 0.29) is 0 Å². The van der Waals surface area contributed by atoms with Gasteiger partial charge in [-0.05, 0) is 49.1 Å². The molecule has 2 heterocycles. The molecule has 2 aromatic rings. The molecule has 1 aromatic heterocycles. The first-order valence-electron chi connectivity index (χ1n) is 7.88. The average molecular weight is 311 g/mol. The Morgan fingerprint density at radius 3 is 2.78 bits per heavy atom. The molecule has 0 unspecified atom stereocenters. The highest BCUT2D eigenvalue weighted by Crippen LogP contribution is 2.28. The van der Waals surface area contributed by atoms with Gasteiger partial charge in [-0.3, -0.25) is 4.90 Å². The number of carbonyl (C=O) groups is 1. The van der Waals surface area contributed by atoms with Crippen molar-refractivity contribution in [3.8, 4) is 0 Å². The number of carboxylic acids is 1. The van der Waals surface area contributed by atoms with E-state index in [9.17, 15) is 4.79 Å². The van der Waals surface area contributed by atoms with Crippen LogP contribution in [0.1, 0.15) is 40.2 Å². The highest BCUT2D eigenvalue weighted by molar-refractivity contribution is 5.87. The van der Waals surface area contributed by atoms with Crippen molar-refractivity contribution in [2.24, 2.45) is 0 Å². The van der Waals surface area contributed by atoms with Crippen LogP contribution in [0, 0.1) is 0 Å². The molecular weight excluding hydrogens is 290 g/mol. The quantitative estimate of drug-likeness (QED) is 0.907. The van der Waals surface area contributed by atoms with E-state index in [0.717, 1.165) is 38.0 Å². The van der Waals surface area contributed by atoms with Gasteiger partial charge in [-0.2, -0.15) is 0 Å². The number of nitrogen functional groups attached to an aromatic ring is 1. The van der Waals surface area contributed by atoms with E-state index in [1.54, 1.807) is 18.3 Å². The lowest BCUT2D eigenvalue weighted by Gasteiger charge is -2.33. The highest BCUT2D eigenvalue weighted by atomic mass is 16.4. The molecule has 5 heteroatoms. The predicted molar refractivity (Wildman–Crippen MR) is 89.3 cm³/mol. The molecule has 5 nitrogen and oxygen atoms in total. The molecule has 0 radical (unpaired) electrons. The maximum absolute atomic E-state index is 10.9. The smallest absolute Gasteiger partial charge is 0.335 e. The summed E-state index contributed by atoms with van der Waals surface area (Å²) in [5, 5.41) is 8.99. The minimum absolute atomic E-state index is 0.338. The molecule has 23 heavy (non-hydrogen) atoms. The standard InChI is InChI=1S/C18H21N3O2/c19-17-16(3-1-9-20-17)12-21-10-2-4-15(11-21)13-5-7-14(8-6-13)18(22)23/h1,3,5-9,15H,2,4,10-12H2,(H2,19,20)(H,22,23)/t15-/m1/s1. The van der Waals surface area contributed by atoms with E-state index >= 15 is 0 Å².